The van der Waals surface area contributed by atoms with Gasteiger partial charge in [0.05, 0.1) is 22.7 Å². The number of amides is 2. The van der Waals surface area contributed by atoms with E-state index in [0.717, 1.165) is 42.1 Å². The van der Waals surface area contributed by atoms with Crippen molar-refractivity contribution in [2.75, 3.05) is 25.0 Å². The molecule has 224 valence electrons. The van der Waals surface area contributed by atoms with Crippen LogP contribution in [0.1, 0.15) is 63.7 Å². The van der Waals surface area contributed by atoms with Gasteiger partial charge < -0.3 is 25.8 Å². The predicted molar refractivity (Wildman–Crippen MR) is 162 cm³/mol. The highest BCUT2D eigenvalue weighted by Gasteiger charge is 2.24. The Morgan fingerprint density at radius 2 is 1.67 bits per heavy atom. The average molecular weight is 576 g/mol. The van der Waals surface area contributed by atoms with Crippen LogP contribution in [0.3, 0.4) is 0 Å². The molecule has 1 aliphatic carbocycles. The summed E-state index contributed by atoms with van der Waals surface area (Å²) in [6.45, 7) is 8.65. The lowest BCUT2D eigenvalue weighted by Crippen LogP contribution is -2.37. The molecule has 0 spiro atoms. The van der Waals surface area contributed by atoms with Crippen molar-refractivity contribution in [3.63, 3.8) is 0 Å². The number of para-hydroxylation sites is 1. The van der Waals surface area contributed by atoms with Gasteiger partial charge in [0, 0.05) is 36.8 Å². The van der Waals surface area contributed by atoms with Gasteiger partial charge in [-0.05, 0) is 82.6 Å². The summed E-state index contributed by atoms with van der Waals surface area (Å²) in [6, 6.07) is 13.0. The minimum absolute atomic E-state index is 0.141. The van der Waals surface area contributed by atoms with Crippen molar-refractivity contribution in [3.8, 4) is 11.3 Å². The molecule has 2 heterocycles. The van der Waals surface area contributed by atoms with E-state index in [1.165, 1.54) is 0 Å². The molecule has 1 unspecified atom stereocenters. The first-order chi connectivity index (χ1) is 20.0. The van der Waals surface area contributed by atoms with E-state index in [1.54, 1.807) is 25.3 Å². The molecule has 0 aliphatic heterocycles. The van der Waals surface area contributed by atoms with Gasteiger partial charge in [-0.25, -0.2) is 14.8 Å². The molecular weight excluding hydrogens is 534 g/mol. The third-order valence-electron chi connectivity index (χ3n) is 7.48. The standard InChI is InChI=1S/C32H41N5O5/c1-20(30(39)40)16-33-28-14-13-23(19-34-28)27-15-25(24-7-5-6-8-26(24)37-27)29(38)35-17-21-9-11-22(12-10-21)18-36-31(41)42-32(2,3)4/h5-8,13-15,19-22H,9-12,16-18H2,1-4H3,(H,33,34)(H,35,38)(H,36,41)(H,39,40)/t20?,21-,22-. The van der Waals surface area contributed by atoms with Gasteiger partial charge in [0.15, 0.2) is 0 Å². The van der Waals surface area contributed by atoms with E-state index in [4.69, 9.17) is 14.8 Å². The summed E-state index contributed by atoms with van der Waals surface area (Å²) in [7, 11) is 0. The van der Waals surface area contributed by atoms with Gasteiger partial charge in [0.2, 0.25) is 0 Å². The highest BCUT2D eigenvalue weighted by Crippen LogP contribution is 2.29. The largest absolute Gasteiger partial charge is 0.481 e. The highest BCUT2D eigenvalue weighted by molar-refractivity contribution is 6.07. The van der Waals surface area contributed by atoms with E-state index in [0.29, 0.717) is 42.0 Å². The number of aliphatic carboxylic acids is 1. The number of nitrogens with one attached hydrogen (secondary N) is 3. The van der Waals surface area contributed by atoms with Crippen molar-refractivity contribution in [2.24, 2.45) is 17.8 Å². The maximum atomic E-state index is 13.4. The summed E-state index contributed by atoms with van der Waals surface area (Å²) >= 11 is 0. The molecule has 1 atom stereocenters. The van der Waals surface area contributed by atoms with Crippen LogP contribution >= 0.6 is 0 Å². The van der Waals surface area contributed by atoms with Crippen molar-refractivity contribution in [3.05, 3.63) is 54.2 Å². The summed E-state index contributed by atoms with van der Waals surface area (Å²) in [5, 5.41) is 18.9. The Bertz CT molecular complexity index is 1390. The van der Waals surface area contributed by atoms with E-state index in [9.17, 15) is 14.4 Å². The molecule has 1 aliphatic rings. The Hall–Kier alpha value is -4.21. The average Bonchev–Trinajstić information content (AvgIpc) is 2.97. The quantitative estimate of drug-likeness (QED) is 0.249. The van der Waals surface area contributed by atoms with Crippen molar-refractivity contribution in [1.82, 2.24) is 20.6 Å². The summed E-state index contributed by atoms with van der Waals surface area (Å²) < 4.78 is 5.33. The fourth-order valence-corrected chi connectivity index (χ4v) is 5.02. The first-order valence-electron chi connectivity index (χ1n) is 14.6. The number of benzene rings is 1. The molecule has 1 saturated carbocycles. The van der Waals surface area contributed by atoms with Crippen LogP contribution in [-0.4, -0.2) is 58.3 Å². The topological polar surface area (TPSA) is 143 Å². The predicted octanol–water partition coefficient (Wildman–Crippen LogP) is 5.49. The van der Waals surface area contributed by atoms with Crippen LogP contribution in [0.15, 0.2) is 48.7 Å². The molecule has 0 saturated heterocycles. The molecule has 4 rings (SSSR count). The molecule has 2 amide bonds. The maximum absolute atomic E-state index is 13.4. The number of hydrogen-bond donors (Lipinski definition) is 4. The Kier molecular flexibility index (Phi) is 9.98. The van der Waals surface area contributed by atoms with Crippen LogP contribution < -0.4 is 16.0 Å². The molecule has 10 nitrogen and oxygen atoms in total. The van der Waals surface area contributed by atoms with Crippen LogP contribution in [0.5, 0.6) is 0 Å². The fraction of sp³-hybridized carbons (Fsp3) is 0.469. The lowest BCUT2D eigenvalue weighted by molar-refractivity contribution is -0.140. The number of ether oxygens (including phenoxy) is 1. The van der Waals surface area contributed by atoms with Gasteiger partial charge >= 0.3 is 12.1 Å². The summed E-state index contributed by atoms with van der Waals surface area (Å²) in [5.74, 6) is -0.186. The van der Waals surface area contributed by atoms with Gasteiger partial charge in [-0.3, -0.25) is 9.59 Å². The smallest absolute Gasteiger partial charge is 0.407 e. The van der Waals surface area contributed by atoms with E-state index >= 15 is 0 Å². The number of rotatable bonds is 10. The van der Waals surface area contributed by atoms with Gasteiger partial charge in [0.1, 0.15) is 11.4 Å². The van der Waals surface area contributed by atoms with Gasteiger partial charge in [-0.2, -0.15) is 0 Å². The van der Waals surface area contributed by atoms with Gasteiger partial charge in [-0.15, -0.1) is 0 Å². The van der Waals surface area contributed by atoms with E-state index in [-0.39, 0.29) is 18.5 Å². The third-order valence-corrected chi connectivity index (χ3v) is 7.48. The number of nitrogens with zero attached hydrogens (tertiary/aromatic N) is 2. The minimum Gasteiger partial charge on any atom is -0.481 e. The van der Waals surface area contributed by atoms with E-state index in [1.807, 2.05) is 51.1 Å². The fourth-order valence-electron chi connectivity index (χ4n) is 5.02. The van der Waals surface area contributed by atoms with Gasteiger partial charge in [-0.1, -0.05) is 25.1 Å². The van der Waals surface area contributed by atoms with Crippen LogP contribution in [0.25, 0.3) is 22.2 Å². The van der Waals surface area contributed by atoms with Crippen molar-refractivity contribution in [1.29, 1.82) is 0 Å². The second-order valence-corrected chi connectivity index (χ2v) is 12.1. The number of carbonyl (C=O) groups is 3. The number of carboxylic acids is 1. The second-order valence-electron chi connectivity index (χ2n) is 12.1. The third kappa shape index (κ3) is 8.64. The normalized spacial score (nSPS) is 17.7. The zero-order valence-electron chi connectivity index (χ0n) is 24.8. The van der Waals surface area contributed by atoms with Crippen LogP contribution in [0.4, 0.5) is 10.6 Å². The van der Waals surface area contributed by atoms with Crippen molar-refractivity contribution in [2.45, 2.75) is 59.0 Å². The lowest BCUT2D eigenvalue weighted by atomic mass is 9.82. The first kappa shape index (κ1) is 30.7. The second kappa shape index (κ2) is 13.6. The van der Waals surface area contributed by atoms with Crippen LogP contribution in [-0.2, 0) is 9.53 Å². The number of carbonyl (C=O) groups excluding carboxylic acids is 2. The zero-order chi connectivity index (χ0) is 30.3. The highest BCUT2D eigenvalue weighted by atomic mass is 16.6. The summed E-state index contributed by atoms with van der Waals surface area (Å²) in [6.07, 6.45) is 5.25. The monoisotopic (exact) mass is 575 g/mol. The molecule has 0 radical (unpaired) electrons. The number of anilines is 1. The minimum atomic E-state index is -0.870. The number of alkyl carbamates (subject to hydrolysis) is 1. The number of aromatic nitrogens is 2. The molecule has 42 heavy (non-hydrogen) atoms. The summed E-state index contributed by atoms with van der Waals surface area (Å²) in [4.78, 5) is 45.6. The first-order valence-corrected chi connectivity index (χ1v) is 14.6. The van der Waals surface area contributed by atoms with Gasteiger partial charge in [0.25, 0.3) is 5.91 Å². The molecule has 3 aromatic rings. The lowest BCUT2D eigenvalue weighted by Gasteiger charge is -2.29. The number of fused-ring (bicyclic) bond motifs is 1. The Balaban J connectivity index is 1.35. The molecule has 10 heteroatoms. The van der Waals surface area contributed by atoms with E-state index in [2.05, 4.69) is 20.9 Å². The molecule has 1 aromatic carbocycles. The molecule has 1 fully saturated rings. The maximum Gasteiger partial charge on any atom is 0.407 e. The zero-order valence-corrected chi connectivity index (χ0v) is 24.8. The SMILES string of the molecule is CC(CNc1ccc(-c2cc(C(=O)NC[C@H]3CC[C@H](CNC(=O)OC(C)(C)C)CC3)c3ccccc3n2)cn1)C(=O)O. The van der Waals surface area contributed by atoms with Crippen LogP contribution in [0.2, 0.25) is 0 Å². The van der Waals surface area contributed by atoms with Crippen molar-refractivity contribution >= 4 is 34.7 Å². The Morgan fingerprint density at radius 1 is 1.00 bits per heavy atom. The van der Waals surface area contributed by atoms with Crippen molar-refractivity contribution < 1.29 is 24.2 Å². The number of hydrogen-bond acceptors (Lipinski definition) is 7. The molecule has 0 bridgehead atoms. The number of pyridine rings is 2. The Morgan fingerprint density at radius 3 is 2.29 bits per heavy atom. The van der Waals surface area contributed by atoms with Crippen LogP contribution in [0, 0.1) is 17.8 Å². The van der Waals surface area contributed by atoms with E-state index < -0.39 is 17.5 Å². The Labute approximate surface area is 246 Å². The summed E-state index contributed by atoms with van der Waals surface area (Å²) in [5.41, 5.74) is 2.15. The molecule has 2 aromatic heterocycles. The number of carboxylic acid groups (broad SMARTS) is 1. The molecule has 4 N–H and O–H groups in total. The molecular formula is C32H41N5O5.